The van der Waals surface area contributed by atoms with Crippen molar-refractivity contribution in [2.24, 2.45) is 17.6 Å². The fourth-order valence-corrected chi connectivity index (χ4v) is 5.97. The summed E-state index contributed by atoms with van der Waals surface area (Å²) in [4.78, 5) is 17.8. The third-order valence-corrected chi connectivity index (χ3v) is 8.14. The number of primary amides is 1. The van der Waals surface area contributed by atoms with Crippen molar-refractivity contribution in [2.75, 3.05) is 31.1 Å². The molecule has 1 amide bonds. The van der Waals surface area contributed by atoms with E-state index in [9.17, 15) is 18.5 Å². The van der Waals surface area contributed by atoms with Crippen LogP contribution in [-0.4, -0.2) is 49.8 Å². The first kappa shape index (κ1) is 22.3. The predicted octanol–water partition coefficient (Wildman–Crippen LogP) is 2.34. The van der Waals surface area contributed by atoms with Crippen LogP contribution in [-0.2, 0) is 14.8 Å². The first-order valence-corrected chi connectivity index (χ1v) is 12.3. The normalized spacial score (nSPS) is 20.8. The number of aromatic nitrogens is 1. The number of benzene rings is 1. The van der Waals surface area contributed by atoms with Gasteiger partial charge in [-0.05, 0) is 55.9 Å². The Kier molecular flexibility index (Phi) is 6.22. The van der Waals surface area contributed by atoms with E-state index in [1.165, 1.54) is 0 Å². The lowest BCUT2D eigenvalue weighted by atomic mass is 9.96. The summed E-state index contributed by atoms with van der Waals surface area (Å²) < 4.78 is 33.4. The molecule has 32 heavy (non-hydrogen) atoms. The highest BCUT2D eigenvalue weighted by Crippen LogP contribution is 2.32. The number of rotatable bonds is 5. The highest BCUT2D eigenvalue weighted by atomic mass is 32.2. The highest BCUT2D eigenvalue weighted by Gasteiger charge is 2.30. The van der Waals surface area contributed by atoms with Gasteiger partial charge in [-0.1, -0.05) is 6.92 Å². The Balaban J connectivity index is 1.54. The zero-order chi connectivity index (χ0) is 22.9. The van der Waals surface area contributed by atoms with Gasteiger partial charge in [0.15, 0.2) is 0 Å². The summed E-state index contributed by atoms with van der Waals surface area (Å²) in [6.45, 7) is 4.22. The first-order valence-electron chi connectivity index (χ1n) is 10.9. The van der Waals surface area contributed by atoms with Crippen LogP contribution in [0.5, 0.6) is 0 Å². The summed E-state index contributed by atoms with van der Waals surface area (Å²) >= 11 is 0. The molecule has 0 spiro atoms. The van der Waals surface area contributed by atoms with Crippen molar-refractivity contribution in [3.05, 3.63) is 30.0 Å². The van der Waals surface area contributed by atoms with Crippen LogP contribution < -0.4 is 10.6 Å². The Morgan fingerprint density at radius 1 is 1.19 bits per heavy atom. The number of carbonyl (C=O) groups excluding carboxylic acids is 1. The molecule has 3 heterocycles. The number of anilines is 1. The van der Waals surface area contributed by atoms with Gasteiger partial charge in [-0.15, -0.1) is 0 Å². The number of nitrogens with zero attached hydrogens (tertiary/aromatic N) is 4. The number of amides is 1. The lowest BCUT2D eigenvalue weighted by Crippen LogP contribution is -2.39. The molecule has 0 radical (unpaired) electrons. The highest BCUT2D eigenvalue weighted by molar-refractivity contribution is 7.89. The van der Waals surface area contributed by atoms with E-state index < -0.39 is 10.0 Å². The van der Waals surface area contributed by atoms with E-state index in [-0.39, 0.29) is 28.3 Å². The Labute approximate surface area is 187 Å². The Morgan fingerprint density at radius 3 is 2.47 bits per heavy atom. The molecule has 0 saturated carbocycles. The van der Waals surface area contributed by atoms with Gasteiger partial charge in [0.25, 0.3) is 0 Å². The summed E-state index contributed by atoms with van der Waals surface area (Å²) in [5.74, 6) is 0.489. The number of sulfonamides is 1. The number of oxazole rings is 1. The fourth-order valence-electron chi connectivity index (χ4n) is 4.37. The molecule has 2 fully saturated rings. The van der Waals surface area contributed by atoms with E-state index in [2.05, 4.69) is 18.0 Å². The SMILES string of the molecule is C[C@@H]1CCCN(S(=O)(=O)c2ccc(-c3nc(C#N)c(N4CCC(C(N)=O)CC4)o3)cc2)C1. The van der Waals surface area contributed by atoms with Crippen LogP contribution in [0.25, 0.3) is 11.5 Å². The van der Waals surface area contributed by atoms with Crippen LogP contribution in [0.15, 0.2) is 33.6 Å². The smallest absolute Gasteiger partial charge is 0.243 e. The lowest BCUT2D eigenvalue weighted by Gasteiger charge is -2.30. The second-order valence-electron chi connectivity index (χ2n) is 8.58. The Hall–Kier alpha value is -2.90. The van der Waals surface area contributed by atoms with Gasteiger partial charge in [0.05, 0.1) is 4.90 Å². The quantitative estimate of drug-likeness (QED) is 0.728. The molecule has 2 aliphatic rings. The lowest BCUT2D eigenvalue weighted by molar-refractivity contribution is -0.122. The number of hydrogen-bond donors (Lipinski definition) is 1. The minimum atomic E-state index is -3.55. The van der Waals surface area contributed by atoms with E-state index in [4.69, 9.17) is 10.2 Å². The van der Waals surface area contributed by atoms with Gasteiger partial charge in [-0.3, -0.25) is 4.79 Å². The standard InChI is InChI=1S/C22H27N5O4S/c1-15-3-2-10-27(14-15)32(29,30)18-6-4-17(5-7-18)21-25-19(13-23)22(31-21)26-11-8-16(9-12-26)20(24)28/h4-7,15-16H,2-3,8-12,14H2,1H3,(H2,24,28)/t15-/m1/s1. The molecule has 1 aromatic carbocycles. The van der Waals surface area contributed by atoms with Crippen molar-refractivity contribution in [1.29, 1.82) is 5.26 Å². The maximum atomic E-state index is 13.0. The van der Waals surface area contributed by atoms with E-state index in [0.717, 1.165) is 12.8 Å². The molecule has 170 valence electrons. The third-order valence-electron chi connectivity index (χ3n) is 6.26. The monoisotopic (exact) mass is 457 g/mol. The van der Waals surface area contributed by atoms with Crippen LogP contribution in [0.2, 0.25) is 0 Å². The molecule has 0 unspecified atom stereocenters. The molecule has 9 nitrogen and oxygen atoms in total. The van der Waals surface area contributed by atoms with Gasteiger partial charge in [-0.25, -0.2) is 8.42 Å². The molecule has 2 aliphatic heterocycles. The van der Waals surface area contributed by atoms with Gasteiger partial charge in [0.1, 0.15) is 6.07 Å². The van der Waals surface area contributed by atoms with Crippen molar-refractivity contribution >= 4 is 21.8 Å². The minimum Gasteiger partial charge on any atom is -0.419 e. The summed E-state index contributed by atoms with van der Waals surface area (Å²) in [5.41, 5.74) is 6.15. The van der Waals surface area contributed by atoms with E-state index in [1.54, 1.807) is 28.6 Å². The van der Waals surface area contributed by atoms with Crippen molar-refractivity contribution < 1.29 is 17.6 Å². The first-order chi connectivity index (χ1) is 15.3. The van der Waals surface area contributed by atoms with Gasteiger partial charge in [-0.2, -0.15) is 14.6 Å². The maximum absolute atomic E-state index is 13.0. The Bertz CT molecular complexity index is 1130. The third kappa shape index (κ3) is 4.36. The predicted molar refractivity (Wildman–Crippen MR) is 118 cm³/mol. The van der Waals surface area contributed by atoms with Crippen LogP contribution in [0.1, 0.15) is 38.3 Å². The topological polar surface area (TPSA) is 134 Å². The average molecular weight is 458 g/mol. The molecule has 0 aliphatic carbocycles. The summed E-state index contributed by atoms with van der Waals surface area (Å²) in [5, 5.41) is 9.51. The van der Waals surface area contributed by atoms with Crippen LogP contribution in [0.3, 0.4) is 0 Å². The van der Waals surface area contributed by atoms with Gasteiger partial charge >= 0.3 is 0 Å². The number of carbonyl (C=O) groups is 1. The van der Waals surface area contributed by atoms with E-state index >= 15 is 0 Å². The Morgan fingerprint density at radius 2 is 1.88 bits per heavy atom. The van der Waals surface area contributed by atoms with Crippen molar-refractivity contribution in [3.63, 3.8) is 0 Å². The molecule has 1 aromatic heterocycles. The largest absolute Gasteiger partial charge is 0.419 e. The van der Waals surface area contributed by atoms with Crippen LogP contribution in [0.4, 0.5) is 5.88 Å². The molecule has 2 saturated heterocycles. The number of nitriles is 1. The molecule has 2 aromatic rings. The fraction of sp³-hybridized carbons (Fsp3) is 0.500. The molecule has 0 bridgehead atoms. The second-order valence-corrected chi connectivity index (χ2v) is 10.5. The number of nitrogens with two attached hydrogens (primary N) is 1. The molecule has 10 heteroatoms. The summed E-state index contributed by atoms with van der Waals surface area (Å²) in [6.07, 6.45) is 3.10. The average Bonchev–Trinajstić information content (AvgIpc) is 3.24. The molecule has 1 atom stereocenters. The molecular weight excluding hydrogens is 430 g/mol. The van der Waals surface area contributed by atoms with Crippen LogP contribution >= 0.6 is 0 Å². The van der Waals surface area contributed by atoms with Crippen molar-refractivity contribution in [3.8, 4) is 17.5 Å². The summed E-state index contributed by atoms with van der Waals surface area (Å²) in [6, 6.07) is 8.46. The van der Waals surface area contributed by atoms with Gasteiger partial charge in [0, 0.05) is 37.7 Å². The van der Waals surface area contributed by atoms with Gasteiger partial charge < -0.3 is 15.1 Å². The number of piperidine rings is 2. The molecular formula is C22H27N5O4S. The summed E-state index contributed by atoms with van der Waals surface area (Å²) in [7, 11) is -3.55. The molecule has 2 N–H and O–H groups in total. The number of hydrogen-bond acceptors (Lipinski definition) is 7. The van der Waals surface area contributed by atoms with Crippen molar-refractivity contribution in [1.82, 2.24) is 9.29 Å². The zero-order valence-corrected chi connectivity index (χ0v) is 18.8. The van der Waals surface area contributed by atoms with Gasteiger partial charge in [0.2, 0.25) is 33.4 Å². The second kappa shape index (κ2) is 8.92. The van der Waals surface area contributed by atoms with E-state index in [1.807, 2.05) is 4.90 Å². The molecule has 4 rings (SSSR count). The maximum Gasteiger partial charge on any atom is 0.243 e. The van der Waals surface area contributed by atoms with Crippen molar-refractivity contribution in [2.45, 2.75) is 37.5 Å². The van der Waals surface area contributed by atoms with Crippen LogP contribution in [0, 0.1) is 23.2 Å². The zero-order valence-electron chi connectivity index (χ0n) is 18.0. The minimum absolute atomic E-state index is 0.163. The van der Waals surface area contributed by atoms with E-state index in [0.29, 0.717) is 56.4 Å².